The highest BCUT2D eigenvalue weighted by Gasteiger charge is 2.26. The minimum Gasteiger partial charge on any atom is -0.339 e. The van der Waals surface area contributed by atoms with Crippen LogP contribution in [0, 0.1) is 10.1 Å². The first-order chi connectivity index (χ1) is 10.4. The molecule has 2 N–H and O–H groups in total. The molecule has 0 aliphatic carbocycles. The van der Waals surface area contributed by atoms with Crippen molar-refractivity contribution in [2.24, 2.45) is 5.73 Å². The fraction of sp³-hybridized carbons (Fsp3) is 0.538. The van der Waals surface area contributed by atoms with E-state index in [-0.39, 0.29) is 22.9 Å². The molecule has 0 spiro atoms. The van der Waals surface area contributed by atoms with Gasteiger partial charge in [-0.05, 0) is 13.0 Å². The Morgan fingerprint density at radius 2 is 1.91 bits per heavy atom. The van der Waals surface area contributed by atoms with Crippen LogP contribution in [0.5, 0.6) is 0 Å². The largest absolute Gasteiger partial charge is 0.339 e. The van der Waals surface area contributed by atoms with E-state index in [1.54, 1.807) is 16.7 Å². The van der Waals surface area contributed by atoms with Gasteiger partial charge in [0.15, 0.2) is 0 Å². The number of hydrogen-bond donors (Lipinski definition) is 1. The first kappa shape index (κ1) is 16.4. The molecule has 1 aliphatic rings. The Hall–Kier alpha value is -2.00. The van der Waals surface area contributed by atoms with Gasteiger partial charge in [0, 0.05) is 44.7 Å². The molecule has 1 atom stereocenters. The molecule has 120 valence electrons. The number of nitrogens with two attached hydrogens (primary N) is 1. The number of carbonyl (C=O) groups excluding carboxylic acids is 2. The predicted molar refractivity (Wildman–Crippen MR) is 81.7 cm³/mol. The second-order valence-electron chi connectivity index (χ2n) is 5.25. The first-order valence-corrected chi connectivity index (χ1v) is 7.77. The fourth-order valence-corrected chi connectivity index (χ4v) is 3.05. The molecule has 1 aliphatic heterocycles. The van der Waals surface area contributed by atoms with Gasteiger partial charge in [-0.15, -0.1) is 0 Å². The molecule has 1 fully saturated rings. The summed E-state index contributed by atoms with van der Waals surface area (Å²) in [5.41, 5.74) is 5.61. The summed E-state index contributed by atoms with van der Waals surface area (Å²) in [5, 5.41) is 10.6. The second-order valence-corrected chi connectivity index (χ2v) is 6.31. The summed E-state index contributed by atoms with van der Waals surface area (Å²) in [6, 6.07) is 2.62. The number of rotatable bonds is 4. The fourth-order valence-electron chi connectivity index (χ4n) is 2.26. The molecular weight excluding hydrogens is 308 g/mol. The topological polar surface area (TPSA) is 110 Å². The highest BCUT2D eigenvalue weighted by atomic mass is 32.1. The van der Waals surface area contributed by atoms with Crippen LogP contribution in [0.25, 0.3) is 0 Å². The average Bonchev–Trinajstić information content (AvgIpc) is 2.96. The van der Waals surface area contributed by atoms with E-state index in [0.29, 0.717) is 37.5 Å². The summed E-state index contributed by atoms with van der Waals surface area (Å²) in [5.74, 6) is -0.230. The van der Waals surface area contributed by atoms with E-state index in [4.69, 9.17) is 5.73 Å². The van der Waals surface area contributed by atoms with E-state index in [0.717, 1.165) is 11.3 Å². The monoisotopic (exact) mass is 326 g/mol. The van der Waals surface area contributed by atoms with Crippen molar-refractivity contribution < 1.29 is 14.5 Å². The maximum absolute atomic E-state index is 12.3. The van der Waals surface area contributed by atoms with Crippen molar-refractivity contribution in [3.63, 3.8) is 0 Å². The lowest BCUT2D eigenvalue weighted by molar-refractivity contribution is -0.380. The van der Waals surface area contributed by atoms with Crippen LogP contribution in [0.4, 0.5) is 5.00 Å². The van der Waals surface area contributed by atoms with Crippen LogP contribution in [0.15, 0.2) is 12.1 Å². The van der Waals surface area contributed by atoms with Crippen molar-refractivity contribution in [3.05, 3.63) is 27.1 Å². The predicted octanol–water partition coefficient (Wildman–Crippen LogP) is 0.678. The Balaban J connectivity index is 1.92. The van der Waals surface area contributed by atoms with Gasteiger partial charge in [0.1, 0.15) is 0 Å². The van der Waals surface area contributed by atoms with Gasteiger partial charge < -0.3 is 15.5 Å². The Morgan fingerprint density at radius 3 is 2.41 bits per heavy atom. The summed E-state index contributed by atoms with van der Waals surface area (Å²) in [6.07, 6.45) is 0.297. The van der Waals surface area contributed by atoms with Gasteiger partial charge in [0.05, 0.1) is 9.80 Å². The molecule has 1 aromatic heterocycles. The molecule has 22 heavy (non-hydrogen) atoms. The zero-order valence-electron chi connectivity index (χ0n) is 12.2. The van der Waals surface area contributed by atoms with E-state index >= 15 is 0 Å². The summed E-state index contributed by atoms with van der Waals surface area (Å²) < 4.78 is 0. The van der Waals surface area contributed by atoms with E-state index in [1.807, 2.05) is 0 Å². The molecule has 1 saturated heterocycles. The molecule has 2 rings (SSSR count). The SMILES string of the molecule is CC(N)CC(=O)N1CCN(C(=O)c2ccc([N+](=O)[O-])s2)CC1. The Morgan fingerprint density at radius 1 is 1.32 bits per heavy atom. The van der Waals surface area contributed by atoms with Gasteiger partial charge in [0.2, 0.25) is 5.91 Å². The molecule has 9 heteroatoms. The summed E-state index contributed by atoms with van der Waals surface area (Å²) in [7, 11) is 0. The van der Waals surface area contributed by atoms with Gasteiger partial charge >= 0.3 is 5.00 Å². The highest BCUT2D eigenvalue weighted by Crippen LogP contribution is 2.25. The van der Waals surface area contributed by atoms with Crippen LogP contribution in [0.3, 0.4) is 0 Å². The molecule has 2 heterocycles. The number of carbonyl (C=O) groups is 2. The van der Waals surface area contributed by atoms with Crippen molar-refractivity contribution in [1.29, 1.82) is 0 Å². The number of amides is 2. The van der Waals surface area contributed by atoms with Gasteiger partial charge in [-0.3, -0.25) is 19.7 Å². The molecule has 1 unspecified atom stereocenters. The molecule has 0 bridgehead atoms. The Labute approximate surface area is 131 Å². The first-order valence-electron chi connectivity index (χ1n) is 6.95. The number of thiophene rings is 1. The van der Waals surface area contributed by atoms with Gasteiger partial charge in [-0.25, -0.2) is 0 Å². The lowest BCUT2D eigenvalue weighted by atomic mass is 10.2. The molecule has 2 amide bonds. The van der Waals surface area contributed by atoms with Crippen molar-refractivity contribution in [2.75, 3.05) is 26.2 Å². The summed E-state index contributed by atoms with van der Waals surface area (Å²) >= 11 is 0.871. The Kier molecular flexibility index (Phi) is 5.09. The number of piperazine rings is 1. The normalized spacial score (nSPS) is 16.5. The van der Waals surface area contributed by atoms with Crippen molar-refractivity contribution >= 4 is 28.2 Å². The molecule has 8 nitrogen and oxygen atoms in total. The minimum atomic E-state index is -0.508. The van der Waals surface area contributed by atoms with Crippen LogP contribution >= 0.6 is 11.3 Å². The van der Waals surface area contributed by atoms with Gasteiger partial charge in [0.25, 0.3) is 5.91 Å². The lowest BCUT2D eigenvalue weighted by Crippen LogP contribution is -2.51. The lowest BCUT2D eigenvalue weighted by Gasteiger charge is -2.34. The van der Waals surface area contributed by atoms with Crippen LogP contribution in [-0.2, 0) is 4.79 Å². The third kappa shape index (κ3) is 3.80. The molecule has 0 radical (unpaired) electrons. The third-order valence-electron chi connectivity index (χ3n) is 3.40. The number of nitro groups is 1. The van der Waals surface area contributed by atoms with Crippen molar-refractivity contribution in [2.45, 2.75) is 19.4 Å². The summed E-state index contributed by atoms with van der Waals surface area (Å²) in [4.78, 5) is 38.0. The second kappa shape index (κ2) is 6.84. The average molecular weight is 326 g/mol. The quantitative estimate of drug-likeness (QED) is 0.646. The maximum atomic E-state index is 12.3. The number of nitrogens with zero attached hydrogens (tertiary/aromatic N) is 3. The summed E-state index contributed by atoms with van der Waals surface area (Å²) in [6.45, 7) is 3.56. The standard InChI is InChI=1S/C13H18N4O4S/c1-9(14)8-11(18)15-4-6-16(7-5-15)13(19)10-2-3-12(22-10)17(20)21/h2-3,9H,4-8,14H2,1H3. The Bertz CT molecular complexity index is 578. The van der Waals surface area contributed by atoms with Crippen LogP contribution in [0.1, 0.15) is 23.0 Å². The molecular formula is C13H18N4O4S. The van der Waals surface area contributed by atoms with Crippen LogP contribution < -0.4 is 5.73 Å². The van der Waals surface area contributed by atoms with Crippen molar-refractivity contribution in [1.82, 2.24) is 9.80 Å². The zero-order valence-corrected chi connectivity index (χ0v) is 13.0. The zero-order chi connectivity index (χ0) is 16.3. The van der Waals surface area contributed by atoms with E-state index in [9.17, 15) is 19.7 Å². The van der Waals surface area contributed by atoms with Crippen LogP contribution in [0.2, 0.25) is 0 Å². The van der Waals surface area contributed by atoms with Crippen LogP contribution in [-0.4, -0.2) is 58.8 Å². The molecule has 1 aromatic rings. The minimum absolute atomic E-state index is 0.00568. The smallest absolute Gasteiger partial charge is 0.324 e. The van der Waals surface area contributed by atoms with Crippen molar-refractivity contribution in [3.8, 4) is 0 Å². The molecule has 0 saturated carbocycles. The van der Waals surface area contributed by atoms with E-state index < -0.39 is 4.92 Å². The number of hydrogen-bond acceptors (Lipinski definition) is 6. The maximum Gasteiger partial charge on any atom is 0.324 e. The van der Waals surface area contributed by atoms with E-state index in [2.05, 4.69) is 0 Å². The van der Waals surface area contributed by atoms with Gasteiger partial charge in [-0.2, -0.15) is 0 Å². The third-order valence-corrected chi connectivity index (χ3v) is 4.42. The highest BCUT2D eigenvalue weighted by molar-refractivity contribution is 7.17. The molecule has 0 aromatic carbocycles. The van der Waals surface area contributed by atoms with Gasteiger partial charge in [-0.1, -0.05) is 11.3 Å². The van der Waals surface area contributed by atoms with E-state index in [1.165, 1.54) is 12.1 Å².